The minimum atomic E-state index is -0.282. The van der Waals surface area contributed by atoms with Crippen LogP contribution in [0.25, 0.3) is 0 Å². The van der Waals surface area contributed by atoms with E-state index in [9.17, 15) is 4.79 Å². The first-order valence-electron chi connectivity index (χ1n) is 8.50. The lowest BCUT2D eigenvalue weighted by Gasteiger charge is -2.27. The largest absolute Gasteiger partial charge is 0.445 e. The number of rotatable bonds is 4. The van der Waals surface area contributed by atoms with Gasteiger partial charge in [-0.3, -0.25) is 4.90 Å². The monoisotopic (exact) mass is 326 g/mol. The Hall–Kier alpha value is -2.34. The van der Waals surface area contributed by atoms with E-state index in [-0.39, 0.29) is 6.09 Å². The predicted octanol–water partition coefficient (Wildman–Crippen LogP) is 2.37. The first kappa shape index (κ1) is 15.2. The van der Waals surface area contributed by atoms with E-state index in [0.717, 1.165) is 29.3 Å². The van der Waals surface area contributed by atoms with Gasteiger partial charge in [0, 0.05) is 25.6 Å². The fourth-order valence-corrected chi connectivity index (χ4v) is 3.28. The Balaban J connectivity index is 1.43. The molecule has 0 radical (unpaired) electrons. The van der Waals surface area contributed by atoms with Gasteiger partial charge in [0.2, 0.25) is 0 Å². The number of imidazole rings is 1. The molecule has 1 saturated carbocycles. The highest BCUT2D eigenvalue weighted by atomic mass is 16.6. The second-order valence-electron chi connectivity index (χ2n) is 6.45. The van der Waals surface area contributed by atoms with Gasteiger partial charge in [0.15, 0.2) is 0 Å². The Kier molecular flexibility index (Phi) is 3.98. The lowest BCUT2D eigenvalue weighted by atomic mass is 10.2. The number of fused-ring (bicyclic) bond motifs is 1. The average Bonchev–Trinajstić information content (AvgIpc) is 3.40. The van der Waals surface area contributed by atoms with Crippen LogP contribution in [0.15, 0.2) is 30.3 Å². The molecule has 0 unspecified atom stereocenters. The lowest BCUT2D eigenvalue weighted by Crippen LogP contribution is -2.39. The van der Waals surface area contributed by atoms with Crippen molar-refractivity contribution in [2.24, 2.45) is 5.73 Å². The summed E-state index contributed by atoms with van der Waals surface area (Å²) in [6, 6.07) is 9.72. The van der Waals surface area contributed by atoms with Gasteiger partial charge in [-0.2, -0.15) is 0 Å². The summed E-state index contributed by atoms with van der Waals surface area (Å²) in [6.45, 7) is 2.67. The Morgan fingerprint density at radius 3 is 2.75 bits per heavy atom. The molecule has 126 valence electrons. The van der Waals surface area contributed by atoms with Crippen LogP contribution in [0, 0.1) is 0 Å². The summed E-state index contributed by atoms with van der Waals surface area (Å²) in [5.74, 6) is 1.50. The molecule has 2 N–H and O–H groups in total. The van der Waals surface area contributed by atoms with Crippen molar-refractivity contribution in [3.05, 3.63) is 53.1 Å². The first-order valence-corrected chi connectivity index (χ1v) is 8.50. The van der Waals surface area contributed by atoms with E-state index in [0.29, 0.717) is 32.2 Å². The van der Waals surface area contributed by atoms with Crippen molar-refractivity contribution in [1.29, 1.82) is 0 Å². The number of aromatic nitrogens is 2. The molecule has 0 spiro atoms. The minimum absolute atomic E-state index is 0.282. The molecule has 1 aromatic heterocycles. The first-order chi connectivity index (χ1) is 11.8. The van der Waals surface area contributed by atoms with E-state index in [4.69, 9.17) is 15.5 Å². The number of nitrogens with zero attached hydrogens (tertiary/aromatic N) is 3. The highest BCUT2D eigenvalue weighted by Crippen LogP contribution is 2.41. The number of ether oxygens (including phenoxy) is 1. The van der Waals surface area contributed by atoms with Crippen LogP contribution in [0.2, 0.25) is 0 Å². The van der Waals surface area contributed by atoms with Gasteiger partial charge < -0.3 is 15.0 Å². The van der Waals surface area contributed by atoms with Gasteiger partial charge in [0.1, 0.15) is 12.4 Å². The predicted molar refractivity (Wildman–Crippen MR) is 89.1 cm³/mol. The second kappa shape index (κ2) is 6.28. The summed E-state index contributed by atoms with van der Waals surface area (Å²) in [5, 5.41) is 0. The molecule has 24 heavy (non-hydrogen) atoms. The van der Waals surface area contributed by atoms with Crippen molar-refractivity contribution < 1.29 is 9.53 Å². The molecule has 2 heterocycles. The van der Waals surface area contributed by atoms with Crippen LogP contribution in [0.4, 0.5) is 4.79 Å². The van der Waals surface area contributed by atoms with Crippen molar-refractivity contribution in [2.75, 3.05) is 6.54 Å². The van der Waals surface area contributed by atoms with Crippen molar-refractivity contribution in [3.63, 3.8) is 0 Å². The topological polar surface area (TPSA) is 73.4 Å². The fraction of sp³-hybridized carbons (Fsp3) is 0.444. The van der Waals surface area contributed by atoms with Crippen LogP contribution in [0.5, 0.6) is 0 Å². The fourth-order valence-electron chi connectivity index (χ4n) is 3.28. The molecule has 0 bridgehead atoms. The lowest BCUT2D eigenvalue weighted by molar-refractivity contribution is 0.0859. The smallest absolute Gasteiger partial charge is 0.410 e. The molecule has 2 aromatic rings. The number of carbonyl (C=O) groups is 1. The molecule has 0 atom stereocenters. The van der Waals surface area contributed by atoms with Gasteiger partial charge in [0.25, 0.3) is 0 Å². The zero-order chi connectivity index (χ0) is 16.5. The zero-order valence-electron chi connectivity index (χ0n) is 13.6. The second-order valence-corrected chi connectivity index (χ2v) is 6.45. The SMILES string of the molecule is NCc1c(C2CC2)nc2n1CCN(C(=O)OCc1ccccc1)C2. The van der Waals surface area contributed by atoms with Crippen LogP contribution in [-0.4, -0.2) is 27.1 Å². The molecule has 0 saturated heterocycles. The Labute approximate surface area is 141 Å². The molecule has 4 rings (SSSR count). The van der Waals surface area contributed by atoms with Gasteiger partial charge >= 0.3 is 6.09 Å². The molecule has 1 aromatic carbocycles. The molecule has 2 aliphatic rings. The molecular formula is C18H22N4O2. The normalized spacial score (nSPS) is 16.8. The molecule has 1 aliphatic heterocycles. The van der Waals surface area contributed by atoms with Crippen molar-refractivity contribution in [2.45, 2.75) is 45.0 Å². The van der Waals surface area contributed by atoms with E-state index in [1.807, 2.05) is 30.3 Å². The third-order valence-corrected chi connectivity index (χ3v) is 4.73. The van der Waals surface area contributed by atoms with Crippen LogP contribution < -0.4 is 5.73 Å². The van der Waals surface area contributed by atoms with Crippen molar-refractivity contribution in [1.82, 2.24) is 14.5 Å². The van der Waals surface area contributed by atoms with E-state index in [1.54, 1.807) is 4.90 Å². The van der Waals surface area contributed by atoms with Crippen molar-refractivity contribution in [3.8, 4) is 0 Å². The molecule has 1 aliphatic carbocycles. The van der Waals surface area contributed by atoms with Crippen LogP contribution in [0.3, 0.4) is 0 Å². The van der Waals surface area contributed by atoms with Gasteiger partial charge in [-0.05, 0) is 18.4 Å². The minimum Gasteiger partial charge on any atom is -0.445 e. The molecule has 1 amide bonds. The third kappa shape index (κ3) is 2.89. The summed E-state index contributed by atoms with van der Waals surface area (Å²) in [7, 11) is 0. The van der Waals surface area contributed by atoms with Crippen LogP contribution in [-0.2, 0) is 31.0 Å². The Bertz CT molecular complexity index is 737. The van der Waals surface area contributed by atoms with E-state index in [1.165, 1.54) is 12.8 Å². The van der Waals surface area contributed by atoms with Gasteiger partial charge in [0.05, 0.1) is 17.9 Å². The van der Waals surface area contributed by atoms with E-state index >= 15 is 0 Å². The number of carbonyl (C=O) groups excluding carboxylic acids is 1. The number of hydrogen-bond acceptors (Lipinski definition) is 4. The number of benzene rings is 1. The molecular weight excluding hydrogens is 304 g/mol. The average molecular weight is 326 g/mol. The van der Waals surface area contributed by atoms with Gasteiger partial charge in [-0.25, -0.2) is 9.78 Å². The van der Waals surface area contributed by atoms with Crippen molar-refractivity contribution >= 4 is 6.09 Å². The van der Waals surface area contributed by atoms with Crippen LogP contribution >= 0.6 is 0 Å². The maximum absolute atomic E-state index is 12.3. The molecule has 6 nitrogen and oxygen atoms in total. The Morgan fingerprint density at radius 2 is 2.04 bits per heavy atom. The zero-order valence-corrected chi connectivity index (χ0v) is 13.6. The molecule has 6 heteroatoms. The summed E-state index contributed by atoms with van der Waals surface area (Å²) >= 11 is 0. The van der Waals surface area contributed by atoms with Crippen LogP contribution in [0.1, 0.15) is 41.5 Å². The summed E-state index contributed by atoms with van der Waals surface area (Å²) in [4.78, 5) is 18.8. The number of hydrogen-bond donors (Lipinski definition) is 1. The maximum atomic E-state index is 12.3. The number of nitrogens with two attached hydrogens (primary N) is 1. The van der Waals surface area contributed by atoms with Gasteiger partial charge in [-0.1, -0.05) is 30.3 Å². The van der Waals surface area contributed by atoms with E-state index < -0.39 is 0 Å². The highest BCUT2D eigenvalue weighted by Gasteiger charge is 2.33. The number of amides is 1. The van der Waals surface area contributed by atoms with Gasteiger partial charge in [-0.15, -0.1) is 0 Å². The van der Waals surface area contributed by atoms with E-state index in [2.05, 4.69) is 4.57 Å². The molecule has 1 fully saturated rings. The highest BCUT2D eigenvalue weighted by molar-refractivity contribution is 5.67. The maximum Gasteiger partial charge on any atom is 0.410 e. The summed E-state index contributed by atoms with van der Waals surface area (Å²) in [5.41, 5.74) is 9.21. The summed E-state index contributed by atoms with van der Waals surface area (Å²) in [6.07, 6.45) is 2.12. The Morgan fingerprint density at radius 1 is 1.25 bits per heavy atom. The summed E-state index contributed by atoms with van der Waals surface area (Å²) < 4.78 is 7.62. The standard InChI is InChI=1S/C18H22N4O2/c19-10-15-17(14-6-7-14)20-16-11-21(8-9-22(15)16)18(23)24-12-13-4-2-1-3-5-13/h1-5,14H,6-12,19H2. The quantitative estimate of drug-likeness (QED) is 0.936. The third-order valence-electron chi connectivity index (χ3n) is 4.73.